The molecule has 0 aliphatic carbocycles. The molecular weight excluding hydrogens is 234 g/mol. The first-order valence-electron chi connectivity index (χ1n) is 5.69. The number of anilines is 1. The van der Waals surface area contributed by atoms with Gasteiger partial charge in [-0.2, -0.15) is 5.10 Å². The third-order valence-corrected chi connectivity index (χ3v) is 2.94. The van der Waals surface area contributed by atoms with Gasteiger partial charge in [0.05, 0.1) is 17.9 Å². The Morgan fingerprint density at radius 1 is 1.47 bits per heavy atom. The van der Waals surface area contributed by atoms with Crippen molar-refractivity contribution in [3.8, 4) is 0 Å². The van der Waals surface area contributed by atoms with E-state index in [-0.39, 0.29) is 6.04 Å². The maximum Gasteiger partial charge on any atom is 0.0731 e. The van der Waals surface area contributed by atoms with Gasteiger partial charge in [-0.25, -0.2) is 0 Å². The molecule has 0 amide bonds. The Hall–Kier alpha value is -1.48. The molecule has 0 saturated heterocycles. The van der Waals surface area contributed by atoms with Gasteiger partial charge in [0.2, 0.25) is 0 Å². The van der Waals surface area contributed by atoms with Crippen molar-refractivity contribution in [2.24, 2.45) is 7.05 Å². The molecule has 17 heavy (non-hydrogen) atoms. The Morgan fingerprint density at radius 3 is 2.88 bits per heavy atom. The fraction of sp³-hybridized carbons (Fsp3) is 0.308. The van der Waals surface area contributed by atoms with Crippen molar-refractivity contribution in [2.75, 3.05) is 5.32 Å². The molecule has 0 radical (unpaired) electrons. The zero-order chi connectivity index (χ0) is 12.3. The van der Waals surface area contributed by atoms with E-state index in [1.807, 2.05) is 37.6 Å². The highest BCUT2D eigenvalue weighted by Gasteiger charge is 2.10. The third-order valence-electron chi connectivity index (χ3n) is 2.71. The molecule has 1 atom stereocenters. The fourth-order valence-electron chi connectivity index (χ4n) is 1.84. The Balaban J connectivity index is 2.16. The van der Waals surface area contributed by atoms with Crippen LogP contribution in [-0.2, 0) is 7.05 Å². The van der Waals surface area contributed by atoms with Crippen molar-refractivity contribution in [3.63, 3.8) is 0 Å². The molecule has 90 valence electrons. The summed E-state index contributed by atoms with van der Waals surface area (Å²) in [6.07, 6.45) is 4.79. The van der Waals surface area contributed by atoms with Gasteiger partial charge in [0.1, 0.15) is 0 Å². The summed E-state index contributed by atoms with van der Waals surface area (Å²) in [4.78, 5) is 0. The molecule has 3 nitrogen and oxygen atoms in total. The maximum atomic E-state index is 6.01. The number of hydrogen-bond donors (Lipinski definition) is 1. The van der Waals surface area contributed by atoms with E-state index in [0.29, 0.717) is 0 Å². The van der Waals surface area contributed by atoms with E-state index in [1.165, 1.54) is 5.56 Å². The molecule has 1 N–H and O–H groups in total. The third kappa shape index (κ3) is 3.01. The van der Waals surface area contributed by atoms with Gasteiger partial charge < -0.3 is 5.32 Å². The second kappa shape index (κ2) is 5.23. The number of aromatic nitrogens is 2. The molecule has 1 aromatic carbocycles. The second-order valence-corrected chi connectivity index (χ2v) is 4.50. The van der Waals surface area contributed by atoms with Crippen LogP contribution < -0.4 is 5.32 Å². The maximum absolute atomic E-state index is 6.01. The molecule has 0 spiro atoms. The summed E-state index contributed by atoms with van der Waals surface area (Å²) < 4.78 is 1.78. The molecule has 2 aromatic rings. The zero-order valence-corrected chi connectivity index (χ0v) is 10.8. The minimum atomic E-state index is 0.262. The van der Waals surface area contributed by atoms with Crippen molar-refractivity contribution in [1.82, 2.24) is 9.78 Å². The minimum absolute atomic E-state index is 0.262. The monoisotopic (exact) mass is 249 g/mol. The van der Waals surface area contributed by atoms with Crippen LogP contribution in [0.5, 0.6) is 0 Å². The minimum Gasteiger partial charge on any atom is -0.376 e. The summed E-state index contributed by atoms with van der Waals surface area (Å²) in [6.45, 7) is 2.15. The summed E-state index contributed by atoms with van der Waals surface area (Å²) in [6, 6.07) is 8.22. The first-order chi connectivity index (χ1) is 8.19. The van der Waals surface area contributed by atoms with Crippen molar-refractivity contribution in [1.29, 1.82) is 0 Å². The Labute approximate surface area is 106 Å². The lowest BCUT2D eigenvalue weighted by molar-refractivity contribution is 0.747. The van der Waals surface area contributed by atoms with Crippen LogP contribution in [0.3, 0.4) is 0 Å². The summed E-state index contributed by atoms with van der Waals surface area (Å²) in [5.41, 5.74) is 2.23. The quantitative estimate of drug-likeness (QED) is 0.897. The van der Waals surface area contributed by atoms with Gasteiger partial charge in [-0.05, 0) is 24.1 Å². The van der Waals surface area contributed by atoms with Crippen LogP contribution in [0.2, 0.25) is 5.02 Å². The Morgan fingerprint density at radius 2 is 2.29 bits per heavy atom. The van der Waals surface area contributed by atoms with E-state index in [0.717, 1.165) is 17.1 Å². The highest BCUT2D eigenvalue weighted by Crippen LogP contribution is 2.24. The zero-order valence-electron chi connectivity index (χ0n) is 10.0. The van der Waals surface area contributed by atoms with Gasteiger partial charge in [-0.1, -0.05) is 30.7 Å². The van der Waals surface area contributed by atoms with Crippen LogP contribution in [0.25, 0.3) is 0 Å². The average molecular weight is 250 g/mol. The summed E-state index contributed by atoms with van der Waals surface area (Å²) >= 11 is 6.01. The number of nitrogens with one attached hydrogen (secondary N) is 1. The molecule has 1 aromatic heterocycles. The van der Waals surface area contributed by atoms with E-state index in [9.17, 15) is 0 Å². The molecular formula is C13H16ClN3. The molecule has 0 aliphatic heterocycles. The number of hydrogen-bond acceptors (Lipinski definition) is 2. The van der Waals surface area contributed by atoms with E-state index < -0.39 is 0 Å². The van der Waals surface area contributed by atoms with Gasteiger partial charge in [-0.15, -0.1) is 0 Å². The van der Waals surface area contributed by atoms with E-state index >= 15 is 0 Å². The van der Waals surface area contributed by atoms with Crippen molar-refractivity contribution >= 4 is 17.3 Å². The van der Waals surface area contributed by atoms with Crippen LogP contribution in [0.15, 0.2) is 36.7 Å². The molecule has 4 heteroatoms. The predicted molar refractivity (Wildman–Crippen MR) is 71.3 cm³/mol. The van der Waals surface area contributed by atoms with Crippen LogP contribution in [0, 0.1) is 0 Å². The topological polar surface area (TPSA) is 29.9 Å². The SMILES string of the molecule is CCC(Nc1cnn(C)c1)c1cccc(Cl)c1. The van der Waals surface area contributed by atoms with Gasteiger partial charge in [-0.3, -0.25) is 4.68 Å². The fourth-order valence-corrected chi connectivity index (χ4v) is 2.04. The van der Waals surface area contributed by atoms with Gasteiger partial charge >= 0.3 is 0 Å². The number of nitrogens with zero attached hydrogens (tertiary/aromatic N) is 2. The van der Waals surface area contributed by atoms with Crippen LogP contribution in [-0.4, -0.2) is 9.78 Å². The van der Waals surface area contributed by atoms with Crippen molar-refractivity contribution in [3.05, 3.63) is 47.2 Å². The highest BCUT2D eigenvalue weighted by molar-refractivity contribution is 6.30. The molecule has 1 heterocycles. The summed E-state index contributed by atoms with van der Waals surface area (Å²) in [5.74, 6) is 0. The largest absolute Gasteiger partial charge is 0.376 e. The van der Waals surface area contributed by atoms with Crippen LogP contribution >= 0.6 is 11.6 Å². The number of aryl methyl sites for hydroxylation is 1. The summed E-state index contributed by atoms with van der Waals surface area (Å²) in [7, 11) is 1.91. The molecule has 0 bridgehead atoms. The molecule has 0 fully saturated rings. The van der Waals surface area contributed by atoms with Gasteiger partial charge in [0.15, 0.2) is 0 Å². The second-order valence-electron chi connectivity index (χ2n) is 4.06. The summed E-state index contributed by atoms with van der Waals surface area (Å²) in [5, 5.41) is 8.37. The lowest BCUT2D eigenvalue weighted by atomic mass is 10.0. The number of halogens is 1. The van der Waals surface area contributed by atoms with E-state index in [4.69, 9.17) is 11.6 Å². The first kappa shape index (κ1) is 12.0. The first-order valence-corrected chi connectivity index (χ1v) is 6.07. The van der Waals surface area contributed by atoms with Gasteiger partial charge in [0, 0.05) is 18.3 Å². The van der Waals surface area contributed by atoms with Crippen molar-refractivity contribution in [2.45, 2.75) is 19.4 Å². The van der Waals surface area contributed by atoms with Gasteiger partial charge in [0.25, 0.3) is 0 Å². The van der Waals surface area contributed by atoms with Crippen molar-refractivity contribution < 1.29 is 0 Å². The predicted octanol–water partition coefficient (Wildman–Crippen LogP) is 3.64. The lowest BCUT2D eigenvalue weighted by Gasteiger charge is -2.17. The van der Waals surface area contributed by atoms with E-state index in [1.54, 1.807) is 4.68 Å². The number of benzene rings is 1. The number of rotatable bonds is 4. The Kier molecular flexibility index (Phi) is 3.69. The highest BCUT2D eigenvalue weighted by atomic mass is 35.5. The molecule has 1 unspecified atom stereocenters. The normalized spacial score (nSPS) is 12.4. The van der Waals surface area contributed by atoms with E-state index in [2.05, 4.69) is 23.4 Å². The lowest BCUT2D eigenvalue weighted by Crippen LogP contribution is -2.09. The molecule has 0 saturated carbocycles. The molecule has 0 aliphatic rings. The Bertz CT molecular complexity index is 493. The van der Waals surface area contributed by atoms with Crippen LogP contribution in [0.4, 0.5) is 5.69 Å². The standard InChI is InChI=1S/C13H16ClN3/c1-3-13(10-5-4-6-11(14)7-10)16-12-8-15-17(2)9-12/h4-9,13,16H,3H2,1-2H3. The van der Waals surface area contributed by atoms with Crippen LogP contribution in [0.1, 0.15) is 24.9 Å². The average Bonchev–Trinajstić information content (AvgIpc) is 2.72. The smallest absolute Gasteiger partial charge is 0.0731 e. The molecule has 2 rings (SSSR count).